The number of carbonyl (C=O) groups excluding carboxylic acids is 1. The Morgan fingerprint density at radius 1 is 0.962 bits per heavy atom. The molecule has 0 radical (unpaired) electrons. The number of thioether (sulfide) groups is 1. The van der Waals surface area contributed by atoms with Gasteiger partial charge >= 0.3 is 0 Å². The Bertz CT molecular complexity index is 912. The highest BCUT2D eigenvalue weighted by molar-refractivity contribution is 7.98. The Hall–Kier alpha value is -3.12. The van der Waals surface area contributed by atoms with Crippen LogP contribution in [0.2, 0.25) is 0 Å². The van der Waals surface area contributed by atoms with Gasteiger partial charge < -0.3 is 5.32 Å². The number of amides is 1. The van der Waals surface area contributed by atoms with Crippen LogP contribution in [0.15, 0.2) is 83.8 Å². The maximum atomic E-state index is 12.2. The minimum atomic E-state index is -0.518. The lowest BCUT2D eigenvalue weighted by Crippen LogP contribution is -2.11. The molecule has 0 atom stereocenters. The fraction of sp³-hybridized carbons (Fsp3) is 0.0500. The third-order valence-electron chi connectivity index (χ3n) is 3.68. The molecule has 3 aromatic rings. The maximum Gasteiger partial charge on any atom is 0.270 e. The highest BCUT2D eigenvalue weighted by atomic mass is 32.2. The Morgan fingerprint density at radius 2 is 1.69 bits per heavy atom. The molecule has 0 bridgehead atoms. The van der Waals surface area contributed by atoms with Crippen molar-refractivity contribution >= 4 is 29.0 Å². The van der Waals surface area contributed by atoms with Gasteiger partial charge in [0.15, 0.2) is 0 Å². The molecule has 0 saturated carbocycles. The van der Waals surface area contributed by atoms with Gasteiger partial charge in [-0.3, -0.25) is 14.9 Å². The molecule has 1 N–H and O–H groups in total. The van der Waals surface area contributed by atoms with Crippen molar-refractivity contribution in [3.8, 4) is 0 Å². The largest absolute Gasteiger partial charge is 0.322 e. The summed E-state index contributed by atoms with van der Waals surface area (Å²) in [5.41, 5.74) is 2.04. The number of carbonyl (C=O) groups is 1. The van der Waals surface area contributed by atoms with Crippen LogP contribution in [-0.4, -0.2) is 10.8 Å². The molecule has 1 amide bonds. The summed E-state index contributed by atoms with van der Waals surface area (Å²) < 4.78 is 0. The molecule has 130 valence electrons. The molecule has 0 unspecified atom stereocenters. The van der Waals surface area contributed by atoms with Crippen molar-refractivity contribution < 1.29 is 9.72 Å². The monoisotopic (exact) mass is 364 g/mol. The van der Waals surface area contributed by atoms with Crippen LogP contribution < -0.4 is 5.32 Å². The second kappa shape index (κ2) is 8.31. The molecular weight excluding hydrogens is 348 g/mol. The fourth-order valence-electron chi connectivity index (χ4n) is 2.34. The molecule has 0 saturated heterocycles. The zero-order valence-electron chi connectivity index (χ0n) is 13.8. The van der Waals surface area contributed by atoms with Crippen LogP contribution in [0, 0.1) is 10.1 Å². The summed E-state index contributed by atoms with van der Waals surface area (Å²) in [5, 5.41) is 13.6. The molecular formula is C20H16N2O3S. The van der Waals surface area contributed by atoms with Crippen LogP contribution in [0.5, 0.6) is 0 Å². The first-order chi connectivity index (χ1) is 12.6. The lowest BCUT2D eigenvalue weighted by Gasteiger charge is -2.07. The predicted octanol–water partition coefficient (Wildman–Crippen LogP) is 5.14. The number of anilines is 1. The highest BCUT2D eigenvalue weighted by Crippen LogP contribution is 2.24. The van der Waals surface area contributed by atoms with Crippen molar-refractivity contribution in [2.45, 2.75) is 10.6 Å². The number of non-ortho nitro benzene ring substituents is 1. The van der Waals surface area contributed by atoms with Crippen molar-refractivity contribution in [2.24, 2.45) is 0 Å². The van der Waals surface area contributed by atoms with E-state index in [0.717, 1.165) is 10.6 Å². The second-order valence-electron chi connectivity index (χ2n) is 5.56. The maximum absolute atomic E-state index is 12.2. The Balaban J connectivity index is 1.61. The molecule has 26 heavy (non-hydrogen) atoms. The van der Waals surface area contributed by atoms with E-state index in [1.165, 1.54) is 23.8 Å². The average molecular weight is 364 g/mol. The summed E-state index contributed by atoms with van der Waals surface area (Å²) in [6, 6.07) is 23.4. The Labute approximate surface area is 155 Å². The average Bonchev–Trinajstić information content (AvgIpc) is 2.68. The third-order valence-corrected chi connectivity index (χ3v) is 4.76. The topological polar surface area (TPSA) is 72.2 Å². The van der Waals surface area contributed by atoms with E-state index < -0.39 is 4.92 Å². The van der Waals surface area contributed by atoms with E-state index in [2.05, 4.69) is 17.4 Å². The molecule has 0 aliphatic carbocycles. The van der Waals surface area contributed by atoms with Gasteiger partial charge in [0.2, 0.25) is 0 Å². The standard InChI is InChI=1S/C20H16N2O3S/c23-20(16-7-4-8-18(13-16)22(24)25)21-17-9-11-19(12-10-17)26-14-15-5-2-1-3-6-15/h1-13H,14H2,(H,21,23). The first-order valence-electron chi connectivity index (χ1n) is 7.94. The zero-order valence-corrected chi connectivity index (χ0v) is 14.6. The van der Waals surface area contributed by atoms with Gasteiger partial charge in [-0.05, 0) is 35.9 Å². The first kappa shape index (κ1) is 17.7. The Morgan fingerprint density at radius 3 is 2.38 bits per heavy atom. The first-order valence-corrected chi connectivity index (χ1v) is 8.93. The smallest absolute Gasteiger partial charge is 0.270 e. The van der Waals surface area contributed by atoms with Gasteiger partial charge in [-0.1, -0.05) is 36.4 Å². The summed E-state index contributed by atoms with van der Waals surface area (Å²) in [5.74, 6) is 0.499. The van der Waals surface area contributed by atoms with Crippen molar-refractivity contribution in [3.63, 3.8) is 0 Å². The van der Waals surface area contributed by atoms with Crippen molar-refractivity contribution in [3.05, 3.63) is 100 Å². The van der Waals surface area contributed by atoms with E-state index in [1.54, 1.807) is 17.8 Å². The van der Waals surface area contributed by atoms with Crippen LogP contribution in [0.3, 0.4) is 0 Å². The van der Waals surface area contributed by atoms with Crippen LogP contribution in [0.25, 0.3) is 0 Å². The third kappa shape index (κ3) is 4.70. The summed E-state index contributed by atoms with van der Waals surface area (Å²) in [7, 11) is 0. The van der Waals surface area contributed by atoms with Crippen LogP contribution in [0.1, 0.15) is 15.9 Å². The van der Waals surface area contributed by atoms with Gasteiger partial charge in [0, 0.05) is 34.0 Å². The number of nitrogens with zero attached hydrogens (tertiary/aromatic N) is 1. The molecule has 0 aromatic heterocycles. The molecule has 5 nitrogen and oxygen atoms in total. The SMILES string of the molecule is O=C(Nc1ccc(SCc2ccccc2)cc1)c1cccc([N+](=O)[O-])c1. The number of hydrogen-bond acceptors (Lipinski definition) is 4. The highest BCUT2D eigenvalue weighted by Gasteiger charge is 2.11. The minimum absolute atomic E-state index is 0.106. The van der Waals surface area contributed by atoms with Crippen LogP contribution >= 0.6 is 11.8 Å². The van der Waals surface area contributed by atoms with E-state index >= 15 is 0 Å². The Kier molecular flexibility index (Phi) is 5.66. The molecule has 3 aromatic carbocycles. The number of rotatable bonds is 6. The minimum Gasteiger partial charge on any atom is -0.322 e. The number of benzene rings is 3. The predicted molar refractivity (Wildman–Crippen MR) is 103 cm³/mol. The van der Waals surface area contributed by atoms with Gasteiger partial charge in [0.1, 0.15) is 0 Å². The lowest BCUT2D eigenvalue weighted by molar-refractivity contribution is -0.384. The zero-order chi connectivity index (χ0) is 18.4. The van der Waals surface area contributed by atoms with Crippen molar-refractivity contribution in [2.75, 3.05) is 5.32 Å². The van der Waals surface area contributed by atoms with E-state index in [0.29, 0.717) is 5.69 Å². The fourth-order valence-corrected chi connectivity index (χ4v) is 3.19. The molecule has 0 spiro atoms. The van der Waals surface area contributed by atoms with Crippen LogP contribution in [0.4, 0.5) is 11.4 Å². The molecule has 3 rings (SSSR count). The van der Waals surface area contributed by atoms with Gasteiger partial charge in [-0.15, -0.1) is 11.8 Å². The molecule has 0 aliphatic heterocycles. The van der Waals surface area contributed by atoms with Gasteiger partial charge in [-0.2, -0.15) is 0 Å². The number of nitro benzene ring substituents is 1. The van der Waals surface area contributed by atoms with Gasteiger partial charge in [0.05, 0.1) is 4.92 Å². The number of nitro groups is 1. The summed E-state index contributed by atoms with van der Waals surface area (Å²) >= 11 is 1.71. The van der Waals surface area contributed by atoms with Crippen molar-refractivity contribution in [1.82, 2.24) is 0 Å². The molecule has 0 fully saturated rings. The normalized spacial score (nSPS) is 10.3. The summed E-state index contributed by atoms with van der Waals surface area (Å²) in [6.45, 7) is 0. The molecule has 0 heterocycles. The summed E-state index contributed by atoms with van der Waals surface area (Å²) in [4.78, 5) is 23.6. The number of nitrogens with one attached hydrogen (secondary N) is 1. The number of hydrogen-bond donors (Lipinski definition) is 1. The van der Waals surface area contributed by atoms with Crippen LogP contribution in [-0.2, 0) is 5.75 Å². The van der Waals surface area contributed by atoms with E-state index in [9.17, 15) is 14.9 Å². The van der Waals surface area contributed by atoms with Gasteiger partial charge in [-0.25, -0.2) is 0 Å². The van der Waals surface area contributed by atoms with Crippen molar-refractivity contribution in [1.29, 1.82) is 0 Å². The molecule has 0 aliphatic rings. The second-order valence-corrected chi connectivity index (χ2v) is 6.61. The van der Waals surface area contributed by atoms with E-state index in [4.69, 9.17) is 0 Å². The molecule has 6 heteroatoms. The van der Waals surface area contributed by atoms with Gasteiger partial charge in [0.25, 0.3) is 11.6 Å². The lowest BCUT2D eigenvalue weighted by atomic mass is 10.2. The van der Waals surface area contributed by atoms with E-state index in [1.807, 2.05) is 42.5 Å². The summed E-state index contributed by atoms with van der Waals surface area (Å²) in [6.07, 6.45) is 0. The van der Waals surface area contributed by atoms with E-state index in [-0.39, 0.29) is 17.2 Å². The quantitative estimate of drug-likeness (QED) is 0.373.